The number of hydrogen-bond acceptors (Lipinski definition) is 3. The Morgan fingerprint density at radius 1 is 1.57 bits per heavy atom. The van der Waals surface area contributed by atoms with Crippen LogP contribution in [0.2, 0.25) is 0 Å². The summed E-state index contributed by atoms with van der Waals surface area (Å²) in [5.41, 5.74) is 0. The molecule has 7 heteroatoms. The van der Waals surface area contributed by atoms with Crippen molar-refractivity contribution in [3.63, 3.8) is 0 Å². The van der Waals surface area contributed by atoms with E-state index in [9.17, 15) is 8.42 Å². The van der Waals surface area contributed by atoms with Crippen molar-refractivity contribution in [3.8, 4) is 0 Å². The van der Waals surface area contributed by atoms with Crippen LogP contribution >= 0.6 is 11.9 Å². The summed E-state index contributed by atoms with van der Waals surface area (Å²) in [5.74, 6) is 0. The van der Waals surface area contributed by atoms with Gasteiger partial charge in [0.1, 0.15) is 0 Å². The van der Waals surface area contributed by atoms with Crippen LogP contribution in [0.1, 0.15) is 0 Å². The third-order valence-corrected chi connectivity index (χ3v) is 0.716. The number of hydrogen-bond donors (Lipinski definition) is 1. The molecule has 0 aliphatic carbocycles. The first kappa shape index (κ1) is 11.0. The van der Waals surface area contributed by atoms with Crippen LogP contribution in [0.25, 0.3) is 0 Å². The zero-order valence-corrected chi connectivity index (χ0v) is 10.2. The van der Waals surface area contributed by atoms with Crippen LogP contribution < -0.4 is 0 Å². The summed E-state index contributed by atoms with van der Waals surface area (Å²) in [5, 5.41) is 0. The summed E-state index contributed by atoms with van der Waals surface area (Å²) < 4.78 is 28.8. The van der Waals surface area contributed by atoms with E-state index >= 15 is 0 Å². The summed E-state index contributed by atoms with van der Waals surface area (Å²) in [7, 11) is -4.40. The van der Waals surface area contributed by atoms with Gasteiger partial charge in [-0.05, 0) is 0 Å². The normalized spacial score (nSPS) is 10.0. The molecule has 7 heavy (non-hydrogen) atoms. The van der Waals surface area contributed by atoms with E-state index in [4.69, 9.17) is 4.55 Å². The maximum absolute atomic E-state index is 9.20. The summed E-state index contributed by atoms with van der Waals surface area (Å²) in [4.78, 5) is 0. The maximum atomic E-state index is 9.20. The molecular weight excluding hydrogens is 339 g/mol. The molecule has 0 bridgehead atoms. The monoisotopic (exact) mass is 342 g/mol. The van der Waals surface area contributed by atoms with Crippen LogP contribution in [-0.2, 0) is 14.1 Å². The SMILES string of the molecule is O=S(=O)(O)OCl.[PbH2]. The Hall–Kier alpha value is 1.08. The van der Waals surface area contributed by atoms with Gasteiger partial charge in [0.2, 0.25) is 0 Å². The van der Waals surface area contributed by atoms with Gasteiger partial charge in [0, 0.05) is 0 Å². The van der Waals surface area contributed by atoms with E-state index in [2.05, 4.69) is 15.6 Å². The molecule has 0 amide bonds. The predicted molar refractivity (Wildman–Crippen MR) is 27.0 cm³/mol. The van der Waals surface area contributed by atoms with Gasteiger partial charge in [0.05, 0.1) is 11.9 Å². The molecule has 0 aromatic heterocycles. The first-order valence-corrected chi connectivity index (χ1v) is 2.51. The van der Waals surface area contributed by atoms with Gasteiger partial charge in [-0.25, -0.2) is 0 Å². The molecule has 0 rings (SSSR count). The van der Waals surface area contributed by atoms with Crippen molar-refractivity contribution in [2.75, 3.05) is 0 Å². The molecule has 0 spiro atoms. The van der Waals surface area contributed by atoms with E-state index in [0.29, 0.717) is 0 Å². The van der Waals surface area contributed by atoms with Crippen molar-refractivity contribution < 1.29 is 16.7 Å². The topological polar surface area (TPSA) is 63.6 Å². The van der Waals surface area contributed by atoms with Crippen LogP contribution in [0.4, 0.5) is 0 Å². The van der Waals surface area contributed by atoms with E-state index < -0.39 is 10.4 Å². The van der Waals surface area contributed by atoms with E-state index in [-0.39, 0.29) is 27.3 Å². The molecular formula is H3ClO4PbS. The Morgan fingerprint density at radius 2 is 1.71 bits per heavy atom. The fraction of sp³-hybridized carbons (Fsp3) is 0. The van der Waals surface area contributed by atoms with Crippen molar-refractivity contribution in [1.29, 1.82) is 0 Å². The van der Waals surface area contributed by atoms with Gasteiger partial charge in [-0.15, -0.1) is 3.74 Å². The molecule has 4 nitrogen and oxygen atoms in total. The molecule has 0 aromatic carbocycles. The second kappa shape index (κ2) is 4.01. The van der Waals surface area contributed by atoms with Gasteiger partial charge in [-0.3, -0.25) is 4.55 Å². The average Bonchev–Trinajstić information content (AvgIpc) is 1.35. The van der Waals surface area contributed by atoms with Crippen molar-refractivity contribution in [2.24, 2.45) is 0 Å². The van der Waals surface area contributed by atoms with Crippen molar-refractivity contribution in [3.05, 3.63) is 0 Å². The van der Waals surface area contributed by atoms with Crippen molar-refractivity contribution in [2.45, 2.75) is 0 Å². The second-order valence-electron chi connectivity index (χ2n) is 0.491. The minimum absolute atomic E-state index is 0. The number of halogens is 1. The zero-order valence-electron chi connectivity index (χ0n) is 3.17. The molecule has 0 aromatic rings. The quantitative estimate of drug-likeness (QED) is 0.493. The Balaban J connectivity index is 0. The van der Waals surface area contributed by atoms with Crippen LogP contribution in [0, 0.1) is 0 Å². The molecule has 2 radical (unpaired) electrons. The Labute approximate surface area is 66.1 Å². The summed E-state index contributed by atoms with van der Waals surface area (Å²) in [6.07, 6.45) is 0. The third kappa shape index (κ3) is 11.0. The average molecular weight is 342 g/mol. The van der Waals surface area contributed by atoms with Gasteiger partial charge < -0.3 is 0 Å². The van der Waals surface area contributed by atoms with Crippen LogP contribution in [-0.4, -0.2) is 40.3 Å². The van der Waals surface area contributed by atoms with Gasteiger partial charge >= 0.3 is 37.7 Å². The first-order chi connectivity index (χ1) is 2.56. The van der Waals surface area contributed by atoms with Gasteiger partial charge in [-0.2, -0.15) is 8.42 Å². The molecule has 1 N–H and O–H groups in total. The Bertz CT molecular complexity index is 114. The second-order valence-corrected chi connectivity index (χ2v) is 1.85. The molecule has 44 valence electrons. The predicted octanol–water partition coefficient (Wildman–Crippen LogP) is -0.957. The van der Waals surface area contributed by atoms with Gasteiger partial charge in [-0.1, -0.05) is 0 Å². The van der Waals surface area contributed by atoms with Crippen molar-refractivity contribution in [1.82, 2.24) is 0 Å². The summed E-state index contributed by atoms with van der Waals surface area (Å²) in [6, 6.07) is 0. The molecule has 0 aliphatic rings. The van der Waals surface area contributed by atoms with Crippen LogP contribution in [0.5, 0.6) is 0 Å². The van der Waals surface area contributed by atoms with E-state index in [1.54, 1.807) is 0 Å². The molecule has 0 atom stereocenters. The Kier molecular flexibility index (Phi) is 6.28. The fourth-order valence-electron chi connectivity index (χ4n) is 0. The molecule has 0 saturated carbocycles. The third-order valence-electron chi connectivity index (χ3n) is 0.0796. The molecule has 0 fully saturated rings. The summed E-state index contributed by atoms with van der Waals surface area (Å²) in [6.45, 7) is 0. The fourth-order valence-corrected chi connectivity index (χ4v) is 0. The Morgan fingerprint density at radius 3 is 1.71 bits per heavy atom. The van der Waals surface area contributed by atoms with Crippen LogP contribution in [0.3, 0.4) is 0 Å². The standard InChI is InChI=1S/ClHO4S.Pb.2H/c1-5-6(2,3)4;;;/h(H,2,3,4);;;. The van der Waals surface area contributed by atoms with Crippen LogP contribution in [0.15, 0.2) is 0 Å². The first-order valence-electron chi connectivity index (χ1n) is 0.837. The van der Waals surface area contributed by atoms with E-state index in [1.165, 1.54) is 0 Å². The molecule has 0 saturated heterocycles. The van der Waals surface area contributed by atoms with Gasteiger partial charge in [0.25, 0.3) is 0 Å². The molecule has 0 unspecified atom stereocenters. The van der Waals surface area contributed by atoms with Gasteiger partial charge in [0.15, 0.2) is 0 Å². The zero-order chi connectivity index (χ0) is 5.21. The van der Waals surface area contributed by atoms with E-state index in [1.807, 2.05) is 0 Å². The minimum atomic E-state index is -4.40. The molecule has 0 aliphatic heterocycles. The molecule has 0 heterocycles. The summed E-state index contributed by atoms with van der Waals surface area (Å²) >= 11 is 4.14. The van der Waals surface area contributed by atoms with Crippen molar-refractivity contribution >= 4 is 49.6 Å². The van der Waals surface area contributed by atoms with E-state index in [0.717, 1.165) is 0 Å². The number of rotatable bonds is 1.